The van der Waals surface area contributed by atoms with Gasteiger partial charge in [-0.3, -0.25) is 14.2 Å². The molecule has 26 heavy (non-hydrogen) atoms. The molecule has 2 N–H and O–H groups in total. The van der Waals surface area contributed by atoms with Crippen molar-refractivity contribution in [1.29, 1.82) is 0 Å². The van der Waals surface area contributed by atoms with Crippen molar-refractivity contribution in [3.8, 4) is 5.69 Å². The standard InChI is InChI=1S/C19H26N4O2S/c1-13(2)22-17(24)5-6-20-18(25)12-26-19-21-7-8-23(19)16-10-14(3)9-15(4)11-16/h7-11,13H,5-6,12H2,1-4H3,(H,20,25)(H,22,24). The molecule has 2 amide bonds. The van der Waals surface area contributed by atoms with Crippen molar-refractivity contribution >= 4 is 23.6 Å². The average molecular weight is 375 g/mol. The van der Waals surface area contributed by atoms with E-state index in [1.54, 1.807) is 6.20 Å². The van der Waals surface area contributed by atoms with Crippen LogP contribution in [0, 0.1) is 13.8 Å². The Hall–Kier alpha value is -2.28. The molecule has 0 atom stereocenters. The molecule has 0 saturated heterocycles. The highest BCUT2D eigenvalue weighted by Crippen LogP contribution is 2.22. The lowest BCUT2D eigenvalue weighted by molar-refractivity contribution is -0.121. The van der Waals surface area contributed by atoms with Crippen LogP contribution in [0.25, 0.3) is 5.69 Å². The van der Waals surface area contributed by atoms with E-state index in [2.05, 4.69) is 47.7 Å². The summed E-state index contributed by atoms with van der Waals surface area (Å²) in [6.45, 7) is 8.27. The lowest BCUT2D eigenvalue weighted by Crippen LogP contribution is -2.34. The van der Waals surface area contributed by atoms with E-state index in [1.807, 2.05) is 24.6 Å². The normalized spacial score (nSPS) is 10.8. The van der Waals surface area contributed by atoms with Crippen molar-refractivity contribution in [1.82, 2.24) is 20.2 Å². The van der Waals surface area contributed by atoms with Gasteiger partial charge < -0.3 is 10.6 Å². The van der Waals surface area contributed by atoms with E-state index >= 15 is 0 Å². The fourth-order valence-corrected chi connectivity index (χ4v) is 3.38. The number of imidazole rings is 1. The molecule has 6 nitrogen and oxygen atoms in total. The number of hydrogen-bond donors (Lipinski definition) is 2. The van der Waals surface area contributed by atoms with E-state index in [4.69, 9.17) is 0 Å². The first-order chi connectivity index (χ1) is 12.3. The zero-order valence-electron chi connectivity index (χ0n) is 15.7. The first kappa shape index (κ1) is 20.0. The average Bonchev–Trinajstić information content (AvgIpc) is 2.99. The predicted molar refractivity (Wildman–Crippen MR) is 105 cm³/mol. The molecule has 0 unspecified atom stereocenters. The van der Waals surface area contributed by atoms with E-state index in [9.17, 15) is 9.59 Å². The molecule has 0 spiro atoms. The largest absolute Gasteiger partial charge is 0.355 e. The number of aromatic nitrogens is 2. The van der Waals surface area contributed by atoms with Crippen LogP contribution >= 0.6 is 11.8 Å². The maximum atomic E-state index is 12.0. The molecule has 0 saturated carbocycles. The Bertz CT molecular complexity index is 750. The molecule has 0 fully saturated rings. The zero-order chi connectivity index (χ0) is 19.1. The summed E-state index contributed by atoms with van der Waals surface area (Å²) >= 11 is 1.38. The molecule has 1 aromatic carbocycles. The molecule has 0 aliphatic rings. The number of amides is 2. The quantitative estimate of drug-likeness (QED) is 0.697. The van der Waals surface area contributed by atoms with Gasteiger partial charge in [-0.2, -0.15) is 0 Å². The van der Waals surface area contributed by atoms with Crippen LogP contribution in [0.4, 0.5) is 0 Å². The second-order valence-electron chi connectivity index (χ2n) is 6.54. The zero-order valence-corrected chi connectivity index (χ0v) is 16.5. The third kappa shape index (κ3) is 6.22. The van der Waals surface area contributed by atoms with Crippen LogP contribution in [0.15, 0.2) is 35.7 Å². The van der Waals surface area contributed by atoms with E-state index in [0.717, 1.165) is 10.8 Å². The molecule has 140 valence electrons. The van der Waals surface area contributed by atoms with E-state index in [0.29, 0.717) is 6.54 Å². The molecule has 0 radical (unpaired) electrons. The van der Waals surface area contributed by atoms with Gasteiger partial charge in [0.05, 0.1) is 5.75 Å². The lowest BCUT2D eigenvalue weighted by Gasteiger charge is -2.10. The third-order valence-electron chi connectivity index (χ3n) is 3.55. The van der Waals surface area contributed by atoms with Crippen LogP contribution < -0.4 is 10.6 Å². The Labute approximate surface area is 158 Å². The number of carbonyl (C=O) groups excluding carboxylic acids is 2. The van der Waals surface area contributed by atoms with Crippen molar-refractivity contribution in [3.63, 3.8) is 0 Å². The van der Waals surface area contributed by atoms with Crippen molar-refractivity contribution in [2.75, 3.05) is 12.3 Å². The van der Waals surface area contributed by atoms with Crippen LogP contribution in [0.1, 0.15) is 31.4 Å². The van der Waals surface area contributed by atoms with Gasteiger partial charge in [0.25, 0.3) is 0 Å². The number of hydrogen-bond acceptors (Lipinski definition) is 4. The summed E-state index contributed by atoms with van der Waals surface area (Å²) in [4.78, 5) is 27.9. The molecule has 0 aliphatic heterocycles. The summed E-state index contributed by atoms with van der Waals surface area (Å²) in [5.41, 5.74) is 3.40. The summed E-state index contributed by atoms with van der Waals surface area (Å²) in [6, 6.07) is 6.41. The van der Waals surface area contributed by atoms with E-state index in [1.165, 1.54) is 22.9 Å². The molecular weight excluding hydrogens is 348 g/mol. The van der Waals surface area contributed by atoms with Gasteiger partial charge in [-0.25, -0.2) is 4.98 Å². The fourth-order valence-electron chi connectivity index (χ4n) is 2.57. The van der Waals surface area contributed by atoms with Gasteiger partial charge in [0.15, 0.2) is 5.16 Å². The van der Waals surface area contributed by atoms with E-state index < -0.39 is 0 Å². The number of rotatable bonds is 8. The van der Waals surface area contributed by atoms with Gasteiger partial charge >= 0.3 is 0 Å². The van der Waals surface area contributed by atoms with Crippen LogP contribution in [0.2, 0.25) is 0 Å². The number of thioether (sulfide) groups is 1. The Balaban J connectivity index is 1.86. The van der Waals surface area contributed by atoms with Gasteiger partial charge in [-0.1, -0.05) is 17.8 Å². The number of nitrogens with zero attached hydrogens (tertiary/aromatic N) is 2. The van der Waals surface area contributed by atoms with Crippen LogP contribution in [-0.4, -0.2) is 39.7 Å². The first-order valence-electron chi connectivity index (χ1n) is 8.66. The second-order valence-corrected chi connectivity index (χ2v) is 7.48. The van der Waals surface area contributed by atoms with Crippen LogP contribution in [-0.2, 0) is 9.59 Å². The van der Waals surface area contributed by atoms with Gasteiger partial charge in [-0.05, 0) is 51.0 Å². The number of benzene rings is 1. The summed E-state index contributed by atoms with van der Waals surface area (Å²) < 4.78 is 1.98. The summed E-state index contributed by atoms with van der Waals surface area (Å²) in [7, 11) is 0. The molecule has 2 rings (SSSR count). The first-order valence-corrected chi connectivity index (χ1v) is 9.64. The maximum absolute atomic E-state index is 12.0. The SMILES string of the molecule is Cc1cc(C)cc(-n2ccnc2SCC(=O)NCCC(=O)NC(C)C)c1. The van der Waals surface area contributed by atoms with Gasteiger partial charge in [0.2, 0.25) is 11.8 Å². The third-order valence-corrected chi connectivity index (χ3v) is 4.51. The monoisotopic (exact) mass is 374 g/mol. The van der Waals surface area contributed by atoms with E-state index in [-0.39, 0.29) is 30.0 Å². The Morgan fingerprint density at radius 3 is 2.50 bits per heavy atom. The highest BCUT2D eigenvalue weighted by Gasteiger charge is 2.10. The van der Waals surface area contributed by atoms with Crippen molar-refractivity contribution < 1.29 is 9.59 Å². The topological polar surface area (TPSA) is 76.0 Å². The highest BCUT2D eigenvalue weighted by atomic mass is 32.2. The molecule has 0 bridgehead atoms. The number of nitrogens with one attached hydrogen (secondary N) is 2. The van der Waals surface area contributed by atoms with Gasteiger partial charge in [0.1, 0.15) is 0 Å². The molecule has 1 heterocycles. The second kappa shape index (κ2) is 9.43. The number of carbonyl (C=O) groups is 2. The number of aryl methyl sites for hydroxylation is 2. The van der Waals surface area contributed by atoms with Gasteiger partial charge in [0, 0.05) is 37.1 Å². The van der Waals surface area contributed by atoms with Crippen molar-refractivity contribution in [2.45, 2.75) is 45.3 Å². The maximum Gasteiger partial charge on any atom is 0.230 e. The van der Waals surface area contributed by atoms with Crippen LogP contribution in [0.3, 0.4) is 0 Å². The minimum atomic E-state index is -0.109. The molecule has 1 aromatic heterocycles. The lowest BCUT2D eigenvalue weighted by atomic mass is 10.1. The Morgan fingerprint density at radius 2 is 1.85 bits per heavy atom. The summed E-state index contributed by atoms with van der Waals surface area (Å²) in [5, 5.41) is 6.33. The molecule has 2 aromatic rings. The Kier molecular flexibility index (Phi) is 7.26. The minimum Gasteiger partial charge on any atom is -0.355 e. The van der Waals surface area contributed by atoms with Crippen molar-refractivity contribution in [3.05, 3.63) is 41.7 Å². The molecule has 0 aliphatic carbocycles. The van der Waals surface area contributed by atoms with Crippen molar-refractivity contribution in [2.24, 2.45) is 0 Å². The smallest absolute Gasteiger partial charge is 0.230 e. The predicted octanol–water partition coefficient (Wildman–Crippen LogP) is 2.61. The molecule has 7 heteroatoms. The van der Waals surface area contributed by atoms with Gasteiger partial charge in [-0.15, -0.1) is 0 Å². The summed E-state index contributed by atoms with van der Waals surface area (Å²) in [5.74, 6) is 0.0915. The minimum absolute atomic E-state index is 0.0571. The highest BCUT2D eigenvalue weighted by molar-refractivity contribution is 7.99. The fraction of sp³-hybridized carbons (Fsp3) is 0.421. The summed E-state index contributed by atoms with van der Waals surface area (Å²) in [6.07, 6.45) is 3.91. The van der Waals surface area contributed by atoms with Crippen LogP contribution in [0.5, 0.6) is 0 Å². The molecular formula is C19H26N4O2S. The Morgan fingerprint density at radius 1 is 1.15 bits per heavy atom.